The molecule has 0 saturated carbocycles. The van der Waals surface area contributed by atoms with Crippen LogP contribution in [0, 0.1) is 18.8 Å². The second-order valence-electron chi connectivity index (χ2n) is 10.2. The van der Waals surface area contributed by atoms with Crippen LogP contribution in [0.2, 0.25) is 0 Å². The number of nitrogens with one attached hydrogen (secondary N) is 2. The Hall–Kier alpha value is -2.68. The van der Waals surface area contributed by atoms with Gasteiger partial charge in [0.05, 0.1) is 6.61 Å². The fourth-order valence-electron chi connectivity index (χ4n) is 4.34. The fourth-order valence-corrected chi connectivity index (χ4v) is 4.34. The highest BCUT2D eigenvalue weighted by atomic mass is 19.1. The largest absolute Gasteiger partial charge is 0.494 e. The van der Waals surface area contributed by atoms with Crippen LogP contribution >= 0.6 is 0 Å². The summed E-state index contributed by atoms with van der Waals surface area (Å²) in [6.45, 7) is 9.13. The average Bonchev–Trinajstić information content (AvgIpc) is 2.78. The second kappa shape index (κ2) is 12.3. The minimum Gasteiger partial charge on any atom is -0.494 e. The van der Waals surface area contributed by atoms with Gasteiger partial charge in [-0.2, -0.15) is 4.99 Å². The lowest BCUT2D eigenvalue weighted by Crippen LogP contribution is -2.44. The molecule has 1 aromatic carbocycles. The molecule has 0 unspecified atom stereocenters. The summed E-state index contributed by atoms with van der Waals surface area (Å²) in [5.74, 6) is 1.23. The molecular formula is C26H40FN5O3. The predicted molar refractivity (Wildman–Crippen MR) is 135 cm³/mol. The monoisotopic (exact) mass is 489 g/mol. The number of halogens is 1. The number of nitrogens with zero attached hydrogens (tertiary/aromatic N) is 2. The number of aryl methyl sites for hydroxylation is 1. The van der Waals surface area contributed by atoms with Crippen molar-refractivity contribution in [1.82, 2.24) is 15.5 Å². The second-order valence-corrected chi connectivity index (χ2v) is 10.2. The number of piperidine rings is 1. The molecule has 0 aromatic heterocycles. The Bertz CT molecular complexity index is 903. The minimum absolute atomic E-state index is 0.0314. The van der Waals surface area contributed by atoms with E-state index in [-0.39, 0.29) is 11.9 Å². The summed E-state index contributed by atoms with van der Waals surface area (Å²) in [5, 5.41) is 6.26. The van der Waals surface area contributed by atoms with Gasteiger partial charge < -0.3 is 26.0 Å². The van der Waals surface area contributed by atoms with Gasteiger partial charge in [-0.25, -0.2) is 4.39 Å². The number of carbonyl (C=O) groups is 2. The molecule has 35 heavy (non-hydrogen) atoms. The standard InChI is InChI=1S/C26H40FN5O3/c1-18-15-21(6-7-22(18)23(33)30-11-8-20-16-29-17-20)35-14-4-5-19-9-12-32(13-10-19)25(28)31-24(34)26(2,3)27/h6-7,15,19-20,29H,4-5,8-14,16-17H2,1-3H3,(H,30,33)(H2,28,31,34). The number of aliphatic imine (C=N–C) groups is 1. The van der Waals surface area contributed by atoms with Gasteiger partial charge in [-0.15, -0.1) is 0 Å². The van der Waals surface area contributed by atoms with Crippen LogP contribution < -0.4 is 21.1 Å². The number of likely N-dealkylation sites (tertiary alicyclic amines) is 1. The summed E-state index contributed by atoms with van der Waals surface area (Å²) in [6, 6.07) is 5.62. The van der Waals surface area contributed by atoms with Gasteiger partial charge in [0, 0.05) is 25.2 Å². The van der Waals surface area contributed by atoms with Crippen molar-refractivity contribution in [3.63, 3.8) is 0 Å². The van der Waals surface area contributed by atoms with Gasteiger partial charge in [0.2, 0.25) is 0 Å². The predicted octanol–water partition coefficient (Wildman–Crippen LogP) is 2.79. The van der Waals surface area contributed by atoms with E-state index in [1.165, 1.54) is 13.8 Å². The number of hydrogen-bond acceptors (Lipinski definition) is 4. The molecule has 194 valence electrons. The van der Waals surface area contributed by atoms with Crippen molar-refractivity contribution in [1.29, 1.82) is 0 Å². The number of alkyl halides is 1. The maximum Gasteiger partial charge on any atom is 0.285 e. The average molecular weight is 490 g/mol. The van der Waals surface area contributed by atoms with E-state index in [9.17, 15) is 14.0 Å². The number of nitrogens with two attached hydrogens (primary N) is 1. The molecule has 2 aliphatic heterocycles. The normalized spacial score (nSPS) is 17.7. The van der Waals surface area contributed by atoms with Crippen molar-refractivity contribution in [2.75, 3.05) is 39.3 Å². The number of benzene rings is 1. The van der Waals surface area contributed by atoms with E-state index in [0.29, 0.717) is 43.6 Å². The van der Waals surface area contributed by atoms with Crippen LogP contribution in [0.25, 0.3) is 0 Å². The van der Waals surface area contributed by atoms with Gasteiger partial charge in [-0.3, -0.25) is 9.59 Å². The van der Waals surface area contributed by atoms with E-state index in [1.807, 2.05) is 30.0 Å². The molecule has 3 rings (SSSR count). The molecule has 0 radical (unpaired) electrons. The molecule has 0 aliphatic carbocycles. The first kappa shape index (κ1) is 26.9. The summed E-state index contributed by atoms with van der Waals surface area (Å²) >= 11 is 0. The van der Waals surface area contributed by atoms with Gasteiger partial charge in [-0.05, 0) is 102 Å². The van der Waals surface area contributed by atoms with E-state index >= 15 is 0 Å². The first-order valence-electron chi connectivity index (χ1n) is 12.7. The SMILES string of the molecule is Cc1cc(OCCCC2CCN(C(N)=NC(=O)C(C)(C)F)CC2)ccc1C(=O)NCCC1CNC1. The van der Waals surface area contributed by atoms with Crippen molar-refractivity contribution in [3.8, 4) is 5.75 Å². The van der Waals surface area contributed by atoms with Crippen LogP contribution in [0.4, 0.5) is 4.39 Å². The molecule has 2 saturated heterocycles. The zero-order valence-corrected chi connectivity index (χ0v) is 21.2. The van der Waals surface area contributed by atoms with Crippen LogP contribution in [-0.2, 0) is 4.79 Å². The zero-order valence-electron chi connectivity index (χ0n) is 21.2. The topological polar surface area (TPSA) is 109 Å². The van der Waals surface area contributed by atoms with Crippen molar-refractivity contribution >= 4 is 17.8 Å². The molecule has 8 nitrogen and oxygen atoms in total. The Kier molecular flexibility index (Phi) is 9.48. The minimum atomic E-state index is -2.01. The fraction of sp³-hybridized carbons (Fsp3) is 0.654. The van der Waals surface area contributed by atoms with Gasteiger partial charge in [0.15, 0.2) is 11.6 Å². The maximum absolute atomic E-state index is 13.7. The van der Waals surface area contributed by atoms with E-state index in [1.54, 1.807) is 0 Å². The van der Waals surface area contributed by atoms with Crippen molar-refractivity contribution in [3.05, 3.63) is 29.3 Å². The molecule has 0 spiro atoms. The lowest BCUT2D eigenvalue weighted by molar-refractivity contribution is -0.127. The molecule has 9 heteroatoms. The number of carbonyl (C=O) groups excluding carboxylic acids is 2. The first-order chi connectivity index (χ1) is 16.6. The Balaban J connectivity index is 1.33. The molecule has 4 N–H and O–H groups in total. The summed E-state index contributed by atoms with van der Waals surface area (Å²) in [6.07, 6.45) is 4.88. The van der Waals surface area contributed by atoms with Crippen LogP contribution in [0.3, 0.4) is 0 Å². The van der Waals surface area contributed by atoms with Crippen molar-refractivity contribution < 1.29 is 18.7 Å². The quantitative estimate of drug-likeness (QED) is 0.265. The van der Waals surface area contributed by atoms with Gasteiger partial charge >= 0.3 is 0 Å². The molecule has 2 aliphatic rings. The number of amides is 2. The van der Waals surface area contributed by atoms with E-state index in [2.05, 4.69) is 15.6 Å². The Labute approximate surface area is 207 Å². The Morgan fingerprint density at radius 1 is 1.23 bits per heavy atom. The molecule has 0 bridgehead atoms. The van der Waals surface area contributed by atoms with Crippen LogP contribution in [0.15, 0.2) is 23.2 Å². The lowest BCUT2D eigenvalue weighted by atomic mass is 9.92. The Morgan fingerprint density at radius 2 is 1.94 bits per heavy atom. The first-order valence-corrected chi connectivity index (χ1v) is 12.7. The summed E-state index contributed by atoms with van der Waals surface area (Å²) < 4.78 is 19.6. The molecule has 2 fully saturated rings. The van der Waals surface area contributed by atoms with Crippen LogP contribution in [0.1, 0.15) is 61.9 Å². The lowest BCUT2D eigenvalue weighted by Gasteiger charge is -2.32. The van der Waals surface area contributed by atoms with Crippen LogP contribution in [-0.4, -0.2) is 67.7 Å². The van der Waals surface area contributed by atoms with Gasteiger partial charge in [0.25, 0.3) is 11.8 Å². The number of ether oxygens (including phenoxy) is 1. The smallest absolute Gasteiger partial charge is 0.285 e. The molecule has 2 amide bonds. The summed E-state index contributed by atoms with van der Waals surface area (Å²) in [5.41, 5.74) is 5.49. The van der Waals surface area contributed by atoms with E-state index in [4.69, 9.17) is 10.5 Å². The summed E-state index contributed by atoms with van der Waals surface area (Å²) in [7, 11) is 0. The number of hydrogen-bond donors (Lipinski definition) is 3. The Morgan fingerprint density at radius 3 is 2.54 bits per heavy atom. The number of guanidine groups is 1. The third kappa shape index (κ3) is 8.19. The van der Waals surface area contributed by atoms with Gasteiger partial charge in [-0.1, -0.05) is 0 Å². The molecule has 0 atom stereocenters. The highest BCUT2D eigenvalue weighted by molar-refractivity contribution is 5.96. The highest BCUT2D eigenvalue weighted by Gasteiger charge is 2.28. The van der Waals surface area contributed by atoms with Crippen molar-refractivity contribution in [2.45, 2.75) is 58.5 Å². The molecular weight excluding hydrogens is 449 g/mol. The zero-order chi connectivity index (χ0) is 25.4. The van der Waals surface area contributed by atoms with Crippen molar-refractivity contribution in [2.24, 2.45) is 22.6 Å². The third-order valence-electron chi connectivity index (χ3n) is 6.84. The van der Waals surface area contributed by atoms with E-state index in [0.717, 1.165) is 56.5 Å². The number of rotatable bonds is 10. The third-order valence-corrected chi connectivity index (χ3v) is 6.84. The summed E-state index contributed by atoms with van der Waals surface area (Å²) in [4.78, 5) is 29.7. The van der Waals surface area contributed by atoms with E-state index < -0.39 is 11.6 Å². The molecule has 2 heterocycles. The highest BCUT2D eigenvalue weighted by Crippen LogP contribution is 2.23. The molecule has 1 aromatic rings. The van der Waals surface area contributed by atoms with Crippen LogP contribution in [0.5, 0.6) is 5.75 Å². The van der Waals surface area contributed by atoms with Gasteiger partial charge in [0.1, 0.15) is 5.75 Å². The maximum atomic E-state index is 13.7.